The Bertz CT molecular complexity index is 1280. The third kappa shape index (κ3) is 5.38. The minimum Gasteiger partial charge on any atom is -0.457 e. The summed E-state index contributed by atoms with van der Waals surface area (Å²) < 4.78 is 55.7. The average Bonchev–Trinajstić information content (AvgIpc) is 3.22. The molecule has 200 valence electrons. The molecule has 3 aromatic rings. The third-order valence-corrected chi connectivity index (χ3v) is 6.56. The number of para-hydroxylation sites is 1. The van der Waals surface area contributed by atoms with Crippen LogP contribution in [0.2, 0.25) is 0 Å². The fourth-order valence-corrected chi connectivity index (χ4v) is 4.55. The van der Waals surface area contributed by atoms with Gasteiger partial charge >= 0.3 is 6.18 Å². The third-order valence-electron chi connectivity index (χ3n) is 6.56. The summed E-state index contributed by atoms with van der Waals surface area (Å²) in [5.41, 5.74) is 1.64. The molecule has 1 spiro atoms. The van der Waals surface area contributed by atoms with E-state index in [0.717, 1.165) is 21.9 Å². The minimum absolute atomic E-state index is 0.220. The molecule has 0 atom stereocenters. The fraction of sp³-hybridized carbons (Fsp3) is 0.370. The Morgan fingerprint density at radius 3 is 2.39 bits per heavy atom. The average molecular weight is 528 g/mol. The van der Waals surface area contributed by atoms with Crippen molar-refractivity contribution in [2.24, 2.45) is 0 Å². The number of anilines is 2. The first kappa shape index (κ1) is 25.8. The molecule has 2 aromatic carbocycles. The smallest absolute Gasteiger partial charge is 0.406 e. The number of amidine groups is 1. The van der Waals surface area contributed by atoms with Gasteiger partial charge in [0.15, 0.2) is 12.4 Å². The van der Waals surface area contributed by atoms with Crippen LogP contribution in [0.1, 0.15) is 25.2 Å². The van der Waals surface area contributed by atoms with Crippen molar-refractivity contribution in [2.45, 2.75) is 38.1 Å². The topological polar surface area (TPSA) is 83.8 Å². The van der Waals surface area contributed by atoms with E-state index >= 15 is 0 Å². The molecule has 0 unspecified atom stereocenters. The Hall–Kier alpha value is -3.86. The highest BCUT2D eigenvalue weighted by Crippen LogP contribution is 2.47. The largest absolute Gasteiger partial charge is 0.457 e. The normalized spacial score (nSPS) is 15.8. The molecule has 0 aliphatic carbocycles. The fourth-order valence-electron chi connectivity index (χ4n) is 4.55. The van der Waals surface area contributed by atoms with Crippen molar-refractivity contribution >= 4 is 17.5 Å². The molecule has 8 nitrogen and oxygen atoms in total. The Balaban J connectivity index is 1.33. The SMILES string of the molecule is CC(C)N(CC(F)(F)F)C(=N)OCc1ncc2c(n1)N(c1ccc(Oc3ccccc3)cc1)CC21COC1. The highest BCUT2D eigenvalue weighted by molar-refractivity contribution is 5.71. The van der Waals surface area contributed by atoms with E-state index in [4.69, 9.17) is 24.6 Å². The summed E-state index contributed by atoms with van der Waals surface area (Å²) in [6, 6.07) is 16.0. The zero-order valence-electron chi connectivity index (χ0n) is 21.0. The number of alkyl halides is 3. The van der Waals surface area contributed by atoms with Gasteiger partial charge in [0.05, 0.1) is 18.6 Å². The van der Waals surface area contributed by atoms with E-state index in [1.54, 1.807) is 20.0 Å². The van der Waals surface area contributed by atoms with Crippen molar-refractivity contribution in [1.82, 2.24) is 14.9 Å². The lowest BCUT2D eigenvalue weighted by Crippen LogP contribution is -2.49. The number of nitrogens with zero attached hydrogens (tertiary/aromatic N) is 4. The monoisotopic (exact) mass is 527 g/mol. The molecule has 11 heteroatoms. The molecular weight excluding hydrogens is 499 g/mol. The first-order chi connectivity index (χ1) is 18.1. The van der Waals surface area contributed by atoms with E-state index in [1.807, 2.05) is 54.6 Å². The lowest BCUT2D eigenvalue weighted by molar-refractivity contribution is -0.142. The first-order valence-corrected chi connectivity index (χ1v) is 12.2. The summed E-state index contributed by atoms with van der Waals surface area (Å²) in [7, 11) is 0. The summed E-state index contributed by atoms with van der Waals surface area (Å²) in [6.45, 7) is 3.41. The van der Waals surface area contributed by atoms with Gasteiger partial charge in [-0.25, -0.2) is 9.97 Å². The van der Waals surface area contributed by atoms with Gasteiger partial charge in [-0.05, 0) is 50.2 Å². The van der Waals surface area contributed by atoms with Gasteiger partial charge in [0.25, 0.3) is 6.02 Å². The number of hydrogen-bond donors (Lipinski definition) is 1. The molecule has 38 heavy (non-hydrogen) atoms. The van der Waals surface area contributed by atoms with Crippen molar-refractivity contribution in [1.29, 1.82) is 5.41 Å². The van der Waals surface area contributed by atoms with Crippen LogP contribution in [0.25, 0.3) is 0 Å². The number of aromatic nitrogens is 2. The van der Waals surface area contributed by atoms with Crippen LogP contribution in [0.15, 0.2) is 60.8 Å². The van der Waals surface area contributed by atoms with E-state index in [2.05, 4.69) is 9.88 Å². The van der Waals surface area contributed by atoms with E-state index < -0.39 is 24.8 Å². The van der Waals surface area contributed by atoms with Crippen molar-refractivity contribution in [2.75, 3.05) is 31.2 Å². The van der Waals surface area contributed by atoms with Crippen molar-refractivity contribution < 1.29 is 27.4 Å². The van der Waals surface area contributed by atoms with Crippen molar-refractivity contribution in [3.8, 4) is 11.5 Å². The number of ether oxygens (including phenoxy) is 3. The lowest BCUT2D eigenvalue weighted by Gasteiger charge is -2.38. The maximum atomic E-state index is 12.9. The Labute approximate surface area is 218 Å². The molecule has 1 saturated heterocycles. The van der Waals surface area contributed by atoms with Gasteiger partial charge in [0.2, 0.25) is 0 Å². The van der Waals surface area contributed by atoms with Crippen LogP contribution < -0.4 is 9.64 Å². The first-order valence-electron chi connectivity index (χ1n) is 12.2. The molecule has 1 aromatic heterocycles. The summed E-state index contributed by atoms with van der Waals surface area (Å²) in [6.07, 6.45) is -2.72. The van der Waals surface area contributed by atoms with Gasteiger partial charge in [-0.1, -0.05) is 18.2 Å². The van der Waals surface area contributed by atoms with Gasteiger partial charge < -0.3 is 24.0 Å². The molecule has 0 bridgehead atoms. The van der Waals surface area contributed by atoms with Gasteiger partial charge in [-0.15, -0.1) is 0 Å². The number of benzene rings is 2. The Kier molecular flexibility index (Phi) is 6.87. The number of rotatable bonds is 7. The standard InChI is InChI=1S/C27H28F3N5O3/c1-18(2)34(15-27(28,29)30)25(31)37-13-23-32-12-22-24(33-23)35(14-26(22)16-36-17-26)19-8-10-21(11-9-19)38-20-6-4-3-5-7-20/h3-12,18,31H,13-17H2,1-2H3. The molecule has 0 saturated carbocycles. The van der Waals surface area contributed by atoms with Crippen molar-refractivity contribution in [3.05, 3.63) is 72.2 Å². The number of fused-ring (bicyclic) bond motifs is 2. The predicted molar refractivity (Wildman–Crippen MR) is 135 cm³/mol. The molecule has 3 heterocycles. The van der Waals surface area contributed by atoms with Crippen LogP contribution in [0.4, 0.5) is 24.7 Å². The van der Waals surface area contributed by atoms with E-state index in [1.165, 1.54) is 0 Å². The molecule has 2 aliphatic rings. The highest BCUT2D eigenvalue weighted by atomic mass is 19.4. The molecule has 0 amide bonds. The maximum absolute atomic E-state index is 12.9. The number of hydrogen-bond acceptors (Lipinski definition) is 7. The summed E-state index contributed by atoms with van der Waals surface area (Å²) in [4.78, 5) is 12.0. The summed E-state index contributed by atoms with van der Waals surface area (Å²) in [5.74, 6) is 2.41. The highest BCUT2D eigenvalue weighted by Gasteiger charge is 2.50. The molecule has 2 aliphatic heterocycles. The Morgan fingerprint density at radius 2 is 1.79 bits per heavy atom. The van der Waals surface area contributed by atoms with Crippen LogP contribution in [0.3, 0.4) is 0 Å². The maximum Gasteiger partial charge on any atom is 0.406 e. The van der Waals surface area contributed by atoms with E-state index in [0.29, 0.717) is 31.3 Å². The zero-order valence-corrected chi connectivity index (χ0v) is 21.0. The van der Waals surface area contributed by atoms with Crippen LogP contribution in [0.5, 0.6) is 11.5 Å². The molecule has 1 fully saturated rings. The summed E-state index contributed by atoms with van der Waals surface area (Å²) >= 11 is 0. The molecule has 0 radical (unpaired) electrons. The van der Waals surface area contributed by atoms with Gasteiger partial charge in [0.1, 0.15) is 23.9 Å². The van der Waals surface area contributed by atoms with Crippen LogP contribution in [-0.4, -0.2) is 59.4 Å². The second-order valence-electron chi connectivity index (χ2n) is 9.72. The predicted octanol–water partition coefficient (Wildman–Crippen LogP) is 5.41. The second kappa shape index (κ2) is 10.1. The lowest BCUT2D eigenvalue weighted by atomic mass is 9.82. The van der Waals surface area contributed by atoms with Gasteiger partial charge in [-0.3, -0.25) is 5.41 Å². The number of nitrogens with one attached hydrogen (secondary N) is 1. The van der Waals surface area contributed by atoms with Gasteiger partial charge in [-0.2, -0.15) is 13.2 Å². The van der Waals surface area contributed by atoms with E-state index in [-0.39, 0.29) is 17.8 Å². The quantitative estimate of drug-likeness (QED) is 0.325. The van der Waals surface area contributed by atoms with Crippen LogP contribution >= 0.6 is 0 Å². The van der Waals surface area contributed by atoms with E-state index in [9.17, 15) is 13.2 Å². The molecule has 5 rings (SSSR count). The minimum atomic E-state index is -4.45. The second-order valence-corrected chi connectivity index (χ2v) is 9.72. The molecular formula is C27H28F3N5O3. The number of halogens is 3. The zero-order chi connectivity index (χ0) is 26.9. The van der Waals surface area contributed by atoms with Crippen LogP contribution in [-0.2, 0) is 21.5 Å². The summed E-state index contributed by atoms with van der Waals surface area (Å²) in [5, 5.41) is 8.04. The van der Waals surface area contributed by atoms with Gasteiger partial charge in [0, 0.05) is 30.0 Å². The molecule has 1 N–H and O–H groups in total. The van der Waals surface area contributed by atoms with Crippen molar-refractivity contribution in [3.63, 3.8) is 0 Å². The Morgan fingerprint density at radius 1 is 1.11 bits per heavy atom. The van der Waals surface area contributed by atoms with Crippen LogP contribution in [0, 0.1) is 5.41 Å².